The van der Waals surface area contributed by atoms with Crippen molar-refractivity contribution in [2.75, 3.05) is 13.1 Å². The Morgan fingerprint density at radius 1 is 1.75 bits per heavy atom. The lowest BCUT2D eigenvalue weighted by Gasteiger charge is -2.19. The van der Waals surface area contributed by atoms with Gasteiger partial charge in [-0.25, -0.2) is 0 Å². The summed E-state index contributed by atoms with van der Waals surface area (Å²) in [6.07, 6.45) is 0.780. The fourth-order valence-corrected chi connectivity index (χ4v) is 1.60. The minimum absolute atomic E-state index is 0.00927. The SMILES string of the molecule is CCCN(CC(N)=NO)C(=O)c1csnn1. The van der Waals surface area contributed by atoms with Crippen LogP contribution >= 0.6 is 11.5 Å². The lowest BCUT2D eigenvalue weighted by atomic mass is 10.3. The van der Waals surface area contributed by atoms with Gasteiger partial charge in [-0.2, -0.15) is 0 Å². The number of carbonyl (C=O) groups is 1. The predicted octanol–water partition coefficient (Wildman–Crippen LogP) is 0.137. The molecule has 16 heavy (non-hydrogen) atoms. The highest BCUT2D eigenvalue weighted by molar-refractivity contribution is 7.03. The lowest BCUT2D eigenvalue weighted by Crippen LogP contribution is -2.39. The quantitative estimate of drug-likeness (QED) is 0.331. The van der Waals surface area contributed by atoms with Crippen LogP contribution in [0.4, 0.5) is 0 Å². The monoisotopic (exact) mass is 243 g/mol. The zero-order chi connectivity index (χ0) is 12.0. The Bertz CT molecular complexity index is 365. The van der Waals surface area contributed by atoms with Crippen LogP contribution < -0.4 is 5.73 Å². The number of amides is 1. The van der Waals surface area contributed by atoms with E-state index in [2.05, 4.69) is 14.7 Å². The molecule has 88 valence electrons. The largest absolute Gasteiger partial charge is 0.409 e. The molecule has 1 aromatic rings. The Balaban J connectivity index is 2.73. The molecule has 1 amide bonds. The number of aromatic nitrogens is 2. The third-order valence-electron chi connectivity index (χ3n) is 1.84. The summed E-state index contributed by atoms with van der Waals surface area (Å²) in [6, 6.07) is 0. The zero-order valence-corrected chi connectivity index (χ0v) is 9.65. The van der Waals surface area contributed by atoms with Gasteiger partial charge in [-0.1, -0.05) is 16.6 Å². The Labute approximate surface area is 96.7 Å². The second-order valence-electron chi connectivity index (χ2n) is 3.11. The third kappa shape index (κ3) is 3.16. The van der Waals surface area contributed by atoms with Gasteiger partial charge in [0.2, 0.25) is 0 Å². The molecule has 0 aliphatic rings. The van der Waals surface area contributed by atoms with Gasteiger partial charge in [0, 0.05) is 11.9 Å². The second kappa shape index (κ2) is 6.01. The maximum absolute atomic E-state index is 11.9. The van der Waals surface area contributed by atoms with E-state index in [1.54, 1.807) is 5.38 Å². The highest BCUT2D eigenvalue weighted by Crippen LogP contribution is 2.04. The fraction of sp³-hybridized carbons (Fsp3) is 0.500. The number of carbonyl (C=O) groups excluding carboxylic acids is 1. The summed E-state index contributed by atoms with van der Waals surface area (Å²) in [5.41, 5.74) is 5.65. The highest BCUT2D eigenvalue weighted by atomic mass is 32.1. The van der Waals surface area contributed by atoms with Gasteiger partial charge in [-0.15, -0.1) is 5.10 Å². The molecule has 0 aliphatic heterocycles. The van der Waals surface area contributed by atoms with Crippen LogP contribution in [0.3, 0.4) is 0 Å². The van der Waals surface area contributed by atoms with Crippen LogP contribution in [0.15, 0.2) is 10.5 Å². The van der Waals surface area contributed by atoms with Gasteiger partial charge in [0.1, 0.15) is 0 Å². The van der Waals surface area contributed by atoms with Crippen molar-refractivity contribution in [1.82, 2.24) is 14.5 Å². The number of amidine groups is 1. The maximum atomic E-state index is 11.9. The van der Waals surface area contributed by atoms with E-state index >= 15 is 0 Å². The van der Waals surface area contributed by atoms with E-state index < -0.39 is 0 Å². The van der Waals surface area contributed by atoms with Gasteiger partial charge in [0.25, 0.3) is 5.91 Å². The average Bonchev–Trinajstić information content (AvgIpc) is 2.80. The number of rotatable bonds is 5. The molecule has 0 fully saturated rings. The van der Waals surface area contributed by atoms with Crippen molar-refractivity contribution in [2.24, 2.45) is 10.9 Å². The summed E-state index contributed by atoms with van der Waals surface area (Å²) in [5.74, 6) is -0.271. The van der Waals surface area contributed by atoms with E-state index in [4.69, 9.17) is 10.9 Å². The molecule has 7 nitrogen and oxygen atoms in total. The molecule has 1 heterocycles. The van der Waals surface area contributed by atoms with Gasteiger partial charge in [-0.05, 0) is 18.0 Å². The van der Waals surface area contributed by atoms with Crippen molar-refractivity contribution in [2.45, 2.75) is 13.3 Å². The maximum Gasteiger partial charge on any atom is 0.275 e. The van der Waals surface area contributed by atoms with Crippen LogP contribution in [0.5, 0.6) is 0 Å². The topological polar surface area (TPSA) is 105 Å². The van der Waals surface area contributed by atoms with Gasteiger partial charge >= 0.3 is 0 Å². The zero-order valence-electron chi connectivity index (χ0n) is 8.83. The fourth-order valence-electron chi connectivity index (χ4n) is 1.17. The molecule has 0 atom stereocenters. The van der Waals surface area contributed by atoms with Crippen LogP contribution in [0.1, 0.15) is 23.8 Å². The first-order valence-electron chi connectivity index (χ1n) is 4.71. The molecule has 0 bridgehead atoms. The first-order chi connectivity index (χ1) is 7.69. The summed E-state index contributed by atoms with van der Waals surface area (Å²) in [4.78, 5) is 13.3. The van der Waals surface area contributed by atoms with Crippen LogP contribution in [-0.4, -0.2) is 44.5 Å². The van der Waals surface area contributed by atoms with Crippen molar-refractivity contribution in [3.63, 3.8) is 0 Å². The normalized spacial score (nSPS) is 11.4. The number of hydrogen-bond acceptors (Lipinski definition) is 6. The van der Waals surface area contributed by atoms with Crippen molar-refractivity contribution in [3.8, 4) is 0 Å². The summed E-state index contributed by atoms with van der Waals surface area (Å²) < 4.78 is 3.62. The Hall–Kier alpha value is -1.70. The molecule has 0 aromatic carbocycles. The van der Waals surface area contributed by atoms with Crippen LogP contribution in [0.2, 0.25) is 0 Å². The summed E-state index contributed by atoms with van der Waals surface area (Å²) >= 11 is 1.11. The average molecular weight is 243 g/mol. The number of oxime groups is 1. The van der Waals surface area contributed by atoms with Gasteiger partial charge < -0.3 is 15.8 Å². The number of hydrogen-bond donors (Lipinski definition) is 2. The summed E-state index contributed by atoms with van der Waals surface area (Å²) in [6.45, 7) is 2.54. The van der Waals surface area contributed by atoms with E-state index in [1.165, 1.54) is 4.90 Å². The van der Waals surface area contributed by atoms with Crippen molar-refractivity contribution in [1.29, 1.82) is 0 Å². The molecule has 1 aromatic heterocycles. The summed E-state index contributed by atoms with van der Waals surface area (Å²) in [5, 5.41) is 16.6. The molecule has 0 radical (unpaired) electrons. The molecule has 0 spiro atoms. The smallest absolute Gasteiger partial charge is 0.275 e. The predicted molar refractivity (Wildman–Crippen MR) is 59.5 cm³/mol. The third-order valence-corrected chi connectivity index (χ3v) is 2.35. The highest BCUT2D eigenvalue weighted by Gasteiger charge is 2.18. The second-order valence-corrected chi connectivity index (χ2v) is 3.72. The van der Waals surface area contributed by atoms with Crippen molar-refractivity contribution < 1.29 is 10.0 Å². The van der Waals surface area contributed by atoms with E-state index in [-0.39, 0.29) is 24.0 Å². The van der Waals surface area contributed by atoms with Gasteiger partial charge in [0.05, 0.1) is 6.54 Å². The van der Waals surface area contributed by atoms with E-state index in [1.807, 2.05) is 6.92 Å². The van der Waals surface area contributed by atoms with Gasteiger partial charge in [-0.3, -0.25) is 4.79 Å². The summed E-state index contributed by atoms with van der Waals surface area (Å²) in [7, 11) is 0. The minimum atomic E-state index is -0.262. The molecule has 0 saturated carbocycles. The molecule has 0 unspecified atom stereocenters. The molecule has 1 rings (SSSR count). The molecule has 8 heteroatoms. The number of nitrogens with zero attached hydrogens (tertiary/aromatic N) is 4. The first-order valence-corrected chi connectivity index (χ1v) is 5.55. The standard InChI is InChI=1S/C8H13N5O2S/c1-2-3-13(4-7(9)11-15)8(14)6-5-16-12-10-6/h5,15H,2-4H2,1H3,(H2,9,11). The Morgan fingerprint density at radius 2 is 2.50 bits per heavy atom. The lowest BCUT2D eigenvalue weighted by molar-refractivity contribution is 0.0772. The molecular formula is C8H13N5O2S. The molecule has 0 aliphatic carbocycles. The van der Waals surface area contributed by atoms with Crippen molar-refractivity contribution in [3.05, 3.63) is 11.1 Å². The van der Waals surface area contributed by atoms with Gasteiger partial charge in [0.15, 0.2) is 11.5 Å². The molecule has 0 saturated heterocycles. The minimum Gasteiger partial charge on any atom is -0.409 e. The number of nitrogens with two attached hydrogens (primary N) is 1. The first kappa shape index (κ1) is 12.4. The van der Waals surface area contributed by atoms with E-state index in [0.29, 0.717) is 6.54 Å². The van der Waals surface area contributed by atoms with E-state index in [9.17, 15) is 4.79 Å². The van der Waals surface area contributed by atoms with Crippen LogP contribution in [0, 0.1) is 0 Å². The van der Waals surface area contributed by atoms with E-state index in [0.717, 1.165) is 18.0 Å². The van der Waals surface area contributed by atoms with Crippen LogP contribution in [-0.2, 0) is 0 Å². The Kier molecular flexibility index (Phi) is 4.65. The van der Waals surface area contributed by atoms with Crippen LogP contribution in [0.25, 0.3) is 0 Å². The molecule has 3 N–H and O–H groups in total. The molecular weight excluding hydrogens is 230 g/mol. The van der Waals surface area contributed by atoms with Crippen molar-refractivity contribution >= 4 is 23.3 Å². The Morgan fingerprint density at radius 3 is 3.00 bits per heavy atom.